The van der Waals surface area contributed by atoms with Crippen LogP contribution in [0, 0.1) is 0 Å². The van der Waals surface area contributed by atoms with E-state index in [1.165, 1.54) is 6.42 Å². The molecule has 1 fully saturated rings. The molecule has 0 saturated heterocycles. The van der Waals surface area contributed by atoms with Gasteiger partial charge in [-0.2, -0.15) is 0 Å². The summed E-state index contributed by atoms with van der Waals surface area (Å²) < 4.78 is 11.7. The van der Waals surface area contributed by atoms with Crippen molar-refractivity contribution in [1.82, 2.24) is 0 Å². The van der Waals surface area contributed by atoms with Crippen molar-refractivity contribution in [3.05, 3.63) is 24.3 Å². The molecule has 0 radical (unpaired) electrons. The lowest BCUT2D eigenvalue weighted by molar-refractivity contribution is -0.0146. The van der Waals surface area contributed by atoms with Crippen molar-refractivity contribution < 1.29 is 9.47 Å². The van der Waals surface area contributed by atoms with Gasteiger partial charge in [0.05, 0.1) is 6.61 Å². The first kappa shape index (κ1) is 12.2. The molecule has 0 atom stereocenters. The highest BCUT2D eigenvalue weighted by Gasteiger charge is 2.39. The van der Waals surface area contributed by atoms with Crippen LogP contribution in [0.1, 0.15) is 32.6 Å². The second-order valence-electron chi connectivity index (χ2n) is 4.56. The van der Waals surface area contributed by atoms with E-state index in [4.69, 9.17) is 15.2 Å². The number of benzene rings is 1. The highest BCUT2D eigenvalue weighted by atomic mass is 16.5. The summed E-state index contributed by atoms with van der Waals surface area (Å²) in [5.74, 6) is 1.68. The molecule has 1 aliphatic rings. The second kappa shape index (κ2) is 5.41. The van der Waals surface area contributed by atoms with E-state index in [-0.39, 0.29) is 5.60 Å². The second-order valence-corrected chi connectivity index (χ2v) is 4.56. The Labute approximate surface area is 103 Å². The number of nitrogens with two attached hydrogens (primary N) is 1. The van der Waals surface area contributed by atoms with E-state index in [0.717, 1.165) is 30.8 Å². The van der Waals surface area contributed by atoms with Gasteiger partial charge in [0.15, 0.2) is 11.5 Å². The molecule has 0 spiro atoms. The van der Waals surface area contributed by atoms with Gasteiger partial charge in [0, 0.05) is 0 Å². The Balaban J connectivity index is 2.11. The third-order valence-corrected chi connectivity index (χ3v) is 3.34. The molecule has 0 unspecified atom stereocenters. The minimum atomic E-state index is -0.0397. The Morgan fingerprint density at radius 3 is 2.47 bits per heavy atom. The summed E-state index contributed by atoms with van der Waals surface area (Å²) in [6.45, 7) is 3.32. The summed E-state index contributed by atoms with van der Waals surface area (Å²) >= 11 is 0. The Morgan fingerprint density at radius 1 is 1.24 bits per heavy atom. The van der Waals surface area contributed by atoms with Crippen LogP contribution in [0.4, 0.5) is 0 Å². The number of hydrogen-bond donors (Lipinski definition) is 1. The van der Waals surface area contributed by atoms with E-state index in [1.54, 1.807) is 0 Å². The van der Waals surface area contributed by atoms with Gasteiger partial charge in [0.2, 0.25) is 0 Å². The molecule has 0 aliphatic heterocycles. The molecule has 1 aliphatic carbocycles. The van der Waals surface area contributed by atoms with Crippen molar-refractivity contribution in [1.29, 1.82) is 0 Å². The number of rotatable bonds is 6. The van der Waals surface area contributed by atoms with Crippen molar-refractivity contribution in [3.63, 3.8) is 0 Å². The molecule has 94 valence electrons. The van der Waals surface area contributed by atoms with Crippen LogP contribution in [0.15, 0.2) is 24.3 Å². The van der Waals surface area contributed by atoms with Gasteiger partial charge >= 0.3 is 0 Å². The topological polar surface area (TPSA) is 44.5 Å². The van der Waals surface area contributed by atoms with Crippen LogP contribution in [0.3, 0.4) is 0 Å². The first-order valence-electron chi connectivity index (χ1n) is 6.40. The van der Waals surface area contributed by atoms with Gasteiger partial charge in [-0.3, -0.25) is 0 Å². The summed E-state index contributed by atoms with van der Waals surface area (Å²) in [7, 11) is 0. The van der Waals surface area contributed by atoms with Crippen LogP contribution in [-0.4, -0.2) is 18.8 Å². The van der Waals surface area contributed by atoms with Crippen molar-refractivity contribution in [3.8, 4) is 11.5 Å². The minimum Gasteiger partial charge on any atom is -0.490 e. The maximum atomic E-state index is 6.16. The SMILES string of the molecule is CCOc1ccccc1OC1(CCN)CCC1. The molecule has 2 N–H and O–H groups in total. The van der Waals surface area contributed by atoms with E-state index in [1.807, 2.05) is 31.2 Å². The highest BCUT2D eigenvalue weighted by molar-refractivity contribution is 5.40. The Bertz CT molecular complexity index is 361. The predicted molar refractivity (Wildman–Crippen MR) is 68.5 cm³/mol. The first-order chi connectivity index (χ1) is 8.29. The summed E-state index contributed by atoms with van der Waals surface area (Å²) in [6.07, 6.45) is 4.36. The van der Waals surface area contributed by atoms with Gasteiger partial charge in [-0.25, -0.2) is 0 Å². The van der Waals surface area contributed by atoms with Crippen LogP contribution < -0.4 is 15.2 Å². The molecular weight excluding hydrogens is 214 g/mol. The van der Waals surface area contributed by atoms with Crippen molar-refractivity contribution >= 4 is 0 Å². The predicted octanol–water partition coefficient (Wildman–Crippen LogP) is 2.74. The summed E-state index contributed by atoms with van der Waals surface area (Å²) in [5, 5.41) is 0. The Hall–Kier alpha value is -1.22. The molecule has 0 heterocycles. The van der Waals surface area contributed by atoms with Gasteiger partial charge in [-0.05, 0) is 51.3 Å². The zero-order chi connectivity index (χ0) is 12.1. The van der Waals surface area contributed by atoms with Crippen molar-refractivity contribution in [2.24, 2.45) is 5.73 Å². The average molecular weight is 235 g/mol. The fourth-order valence-electron chi connectivity index (χ4n) is 2.28. The number of ether oxygens (including phenoxy) is 2. The average Bonchev–Trinajstić information content (AvgIpc) is 2.29. The molecule has 2 rings (SSSR count). The zero-order valence-electron chi connectivity index (χ0n) is 10.4. The monoisotopic (exact) mass is 235 g/mol. The molecule has 3 heteroatoms. The fourth-order valence-corrected chi connectivity index (χ4v) is 2.28. The van der Waals surface area contributed by atoms with Crippen LogP contribution in [0.2, 0.25) is 0 Å². The van der Waals surface area contributed by atoms with E-state index < -0.39 is 0 Å². The lowest BCUT2D eigenvalue weighted by Gasteiger charge is -2.42. The van der Waals surface area contributed by atoms with Gasteiger partial charge < -0.3 is 15.2 Å². The lowest BCUT2D eigenvalue weighted by atomic mass is 9.77. The van der Waals surface area contributed by atoms with Gasteiger partial charge in [-0.15, -0.1) is 0 Å². The third kappa shape index (κ3) is 2.72. The smallest absolute Gasteiger partial charge is 0.162 e. The van der Waals surface area contributed by atoms with E-state index >= 15 is 0 Å². The van der Waals surface area contributed by atoms with Crippen LogP contribution in [-0.2, 0) is 0 Å². The van der Waals surface area contributed by atoms with E-state index in [0.29, 0.717) is 13.2 Å². The first-order valence-corrected chi connectivity index (χ1v) is 6.40. The molecule has 0 amide bonds. The number of para-hydroxylation sites is 2. The molecule has 17 heavy (non-hydrogen) atoms. The third-order valence-electron chi connectivity index (χ3n) is 3.34. The minimum absolute atomic E-state index is 0.0397. The molecule has 3 nitrogen and oxygen atoms in total. The van der Waals surface area contributed by atoms with E-state index in [9.17, 15) is 0 Å². The standard InChI is InChI=1S/C14H21NO2/c1-2-16-12-6-3-4-7-13(12)17-14(10-11-15)8-5-9-14/h3-4,6-7H,2,5,8-11,15H2,1H3. The molecule has 1 saturated carbocycles. The van der Waals surface area contributed by atoms with Crippen LogP contribution in [0.25, 0.3) is 0 Å². The van der Waals surface area contributed by atoms with Crippen LogP contribution >= 0.6 is 0 Å². The van der Waals surface area contributed by atoms with Gasteiger partial charge in [0.25, 0.3) is 0 Å². The maximum absolute atomic E-state index is 6.16. The molecule has 0 bridgehead atoms. The van der Waals surface area contributed by atoms with Crippen LogP contribution in [0.5, 0.6) is 11.5 Å². The normalized spacial score (nSPS) is 17.3. The Morgan fingerprint density at radius 2 is 1.94 bits per heavy atom. The summed E-state index contributed by atoms with van der Waals surface area (Å²) in [5.41, 5.74) is 5.62. The van der Waals surface area contributed by atoms with E-state index in [2.05, 4.69) is 0 Å². The highest BCUT2D eigenvalue weighted by Crippen LogP contribution is 2.41. The van der Waals surface area contributed by atoms with Crippen molar-refractivity contribution in [2.45, 2.75) is 38.2 Å². The molecule has 1 aromatic rings. The van der Waals surface area contributed by atoms with Gasteiger partial charge in [-0.1, -0.05) is 12.1 Å². The van der Waals surface area contributed by atoms with Crippen molar-refractivity contribution in [2.75, 3.05) is 13.2 Å². The lowest BCUT2D eigenvalue weighted by Crippen LogP contribution is -2.44. The molecule has 0 aromatic heterocycles. The zero-order valence-corrected chi connectivity index (χ0v) is 10.4. The summed E-state index contributed by atoms with van der Waals surface area (Å²) in [4.78, 5) is 0. The molecule has 1 aromatic carbocycles. The Kier molecular flexibility index (Phi) is 3.89. The largest absolute Gasteiger partial charge is 0.490 e. The number of hydrogen-bond acceptors (Lipinski definition) is 3. The quantitative estimate of drug-likeness (QED) is 0.824. The maximum Gasteiger partial charge on any atom is 0.162 e. The fraction of sp³-hybridized carbons (Fsp3) is 0.571. The summed E-state index contributed by atoms with van der Waals surface area (Å²) in [6, 6.07) is 7.87. The van der Waals surface area contributed by atoms with Gasteiger partial charge in [0.1, 0.15) is 5.60 Å². The molecular formula is C14H21NO2.